The number of aromatic nitrogens is 7. The fraction of sp³-hybridized carbons (Fsp3) is 0.136. The van der Waals surface area contributed by atoms with Crippen molar-refractivity contribution in [2.24, 2.45) is 0 Å². The van der Waals surface area contributed by atoms with Gasteiger partial charge in [0, 0.05) is 29.7 Å². The SMILES string of the molecule is CC(F)C(c1ccc(F)cc1)n1cc(-c2ccnc(-c3ccn4nc(N)nc4c3)n2)cn1. The second kappa shape index (κ2) is 7.80. The van der Waals surface area contributed by atoms with Crippen LogP contribution in [0, 0.1) is 5.82 Å². The van der Waals surface area contributed by atoms with Crippen LogP contribution >= 0.6 is 0 Å². The molecule has 0 bridgehead atoms. The van der Waals surface area contributed by atoms with E-state index in [9.17, 15) is 8.78 Å². The molecule has 2 atom stereocenters. The lowest BCUT2D eigenvalue weighted by atomic mass is 10.0. The number of nitrogen functional groups attached to an aromatic ring is 1. The highest BCUT2D eigenvalue weighted by Crippen LogP contribution is 2.27. The normalized spacial score (nSPS) is 13.3. The first-order valence-electron chi connectivity index (χ1n) is 9.87. The minimum absolute atomic E-state index is 0.182. The van der Waals surface area contributed by atoms with Gasteiger partial charge in [0.25, 0.3) is 0 Å². The molecule has 5 aromatic rings. The first-order valence-corrected chi connectivity index (χ1v) is 9.87. The second-order valence-electron chi connectivity index (χ2n) is 7.34. The Kier molecular flexibility index (Phi) is 4.81. The fourth-order valence-corrected chi connectivity index (χ4v) is 3.61. The minimum atomic E-state index is -1.24. The van der Waals surface area contributed by atoms with E-state index >= 15 is 0 Å². The van der Waals surface area contributed by atoms with Crippen LogP contribution in [0.1, 0.15) is 18.5 Å². The zero-order valence-electron chi connectivity index (χ0n) is 17.0. The van der Waals surface area contributed by atoms with Crippen molar-refractivity contribution in [3.05, 3.63) is 78.6 Å². The molecule has 5 rings (SSSR count). The summed E-state index contributed by atoms with van der Waals surface area (Å²) < 4.78 is 30.9. The third kappa shape index (κ3) is 3.66. The summed E-state index contributed by atoms with van der Waals surface area (Å²) in [6.07, 6.45) is 5.48. The summed E-state index contributed by atoms with van der Waals surface area (Å²) in [4.78, 5) is 13.1. The quantitative estimate of drug-likeness (QED) is 0.454. The lowest BCUT2D eigenvalue weighted by molar-refractivity contribution is 0.267. The number of nitrogens with two attached hydrogens (primary N) is 1. The number of rotatable bonds is 5. The van der Waals surface area contributed by atoms with Crippen molar-refractivity contribution in [2.45, 2.75) is 19.1 Å². The van der Waals surface area contributed by atoms with Crippen LogP contribution in [0.5, 0.6) is 0 Å². The predicted molar refractivity (Wildman–Crippen MR) is 115 cm³/mol. The Labute approximate surface area is 181 Å². The van der Waals surface area contributed by atoms with Crippen LogP contribution in [0.4, 0.5) is 14.7 Å². The van der Waals surface area contributed by atoms with Crippen LogP contribution in [0.2, 0.25) is 0 Å². The van der Waals surface area contributed by atoms with Gasteiger partial charge < -0.3 is 5.73 Å². The molecule has 4 heterocycles. The van der Waals surface area contributed by atoms with Crippen molar-refractivity contribution in [3.8, 4) is 22.6 Å². The van der Waals surface area contributed by atoms with E-state index in [1.165, 1.54) is 23.7 Å². The van der Waals surface area contributed by atoms with Crippen molar-refractivity contribution in [1.29, 1.82) is 0 Å². The largest absolute Gasteiger partial charge is 0.366 e. The number of nitrogens with zero attached hydrogens (tertiary/aromatic N) is 7. The number of alkyl halides is 1. The molecule has 0 aliphatic rings. The number of halogens is 2. The zero-order valence-corrected chi connectivity index (χ0v) is 17.0. The summed E-state index contributed by atoms with van der Waals surface area (Å²) >= 11 is 0. The van der Waals surface area contributed by atoms with E-state index in [0.717, 1.165) is 5.56 Å². The molecule has 0 radical (unpaired) electrons. The summed E-state index contributed by atoms with van der Waals surface area (Å²) in [6.45, 7) is 1.45. The maximum absolute atomic E-state index is 14.5. The number of benzene rings is 1. The third-order valence-electron chi connectivity index (χ3n) is 5.10. The van der Waals surface area contributed by atoms with Crippen molar-refractivity contribution < 1.29 is 8.78 Å². The molecular weight excluding hydrogens is 414 g/mol. The molecule has 0 spiro atoms. The Morgan fingerprint density at radius 2 is 1.84 bits per heavy atom. The van der Waals surface area contributed by atoms with Crippen LogP contribution in [0.25, 0.3) is 28.3 Å². The van der Waals surface area contributed by atoms with E-state index in [4.69, 9.17) is 5.73 Å². The van der Waals surface area contributed by atoms with Crippen molar-refractivity contribution in [1.82, 2.24) is 34.3 Å². The Bertz CT molecular complexity index is 1390. The van der Waals surface area contributed by atoms with Crippen molar-refractivity contribution in [2.75, 3.05) is 5.73 Å². The molecule has 4 aromatic heterocycles. The predicted octanol–water partition coefficient (Wildman–Crippen LogP) is 3.72. The molecule has 32 heavy (non-hydrogen) atoms. The van der Waals surface area contributed by atoms with Gasteiger partial charge in [-0.1, -0.05) is 12.1 Å². The highest BCUT2D eigenvalue weighted by molar-refractivity contribution is 5.65. The van der Waals surface area contributed by atoms with E-state index in [0.29, 0.717) is 28.3 Å². The summed E-state index contributed by atoms with van der Waals surface area (Å²) in [5.41, 5.74) is 8.94. The molecule has 10 heteroatoms. The summed E-state index contributed by atoms with van der Waals surface area (Å²) in [6, 6.07) is 10.4. The van der Waals surface area contributed by atoms with Crippen LogP contribution in [0.3, 0.4) is 0 Å². The van der Waals surface area contributed by atoms with Gasteiger partial charge in [-0.25, -0.2) is 23.3 Å². The Morgan fingerprint density at radius 3 is 2.62 bits per heavy atom. The number of anilines is 1. The molecule has 1 aromatic carbocycles. The molecule has 0 aliphatic carbocycles. The minimum Gasteiger partial charge on any atom is -0.366 e. The van der Waals surface area contributed by atoms with Gasteiger partial charge in [-0.3, -0.25) is 4.68 Å². The molecule has 0 aliphatic heterocycles. The molecule has 0 amide bonds. The number of hydrogen-bond donors (Lipinski definition) is 1. The molecule has 0 saturated heterocycles. The van der Waals surface area contributed by atoms with Gasteiger partial charge in [-0.2, -0.15) is 10.1 Å². The molecule has 160 valence electrons. The van der Waals surface area contributed by atoms with E-state index < -0.39 is 12.2 Å². The molecular formula is C22H18F2N8. The molecule has 2 N–H and O–H groups in total. The number of pyridine rings is 1. The van der Waals surface area contributed by atoms with Gasteiger partial charge >= 0.3 is 0 Å². The topological polar surface area (TPSA) is 99.8 Å². The van der Waals surface area contributed by atoms with Crippen molar-refractivity contribution in [3.63, 3.8) is 0 Å². The van der Waals surface area contributed by atoms with Gasteiger partial charge in [-0.15, -0.1) is 5.10 Å². The maximum atomic E-state index is 14.5. The standard InChI is InChI=1S/C22H18F2N8/c1-13(23)20(14-2-4-17(24)5-3-14)32-12-16(11-27-32)18-6-8-26-21(28-18)15-7-9-31-19(10-15)29-22(25)30-31/h2-13,20H,1H3,(H2,25,30). The lowest BCUT2D eigenvalue weighted by Crippen LogP contribution is -2.20. The fourth-order valence-electron chi connectivity index (χ4n) is 3.61. The van der Waals surface area contributed by atoms with E-state index in [1.54, 1.807) is 53.6 Å². The van der Waals surface area contributed by atoms with Gasteiger partial charge in [0.1, 0.15) is 18.0 Å². The van der Waals surface area contributed by atoms with E-state index in [-0.39, 0.29) is 11.8 Å². The molecule has 0 fully saturated rings. The molecule has 2 unspecified atom stereocenters. The summed E-state index contributed by atoms with van der Waals surface area (Å²) in [7, 11) is 0. The Hall–Kier alpha value is -4.21. The van der Waals surface area contributed by atoms with Gasteiger partial charge in [0.05, 0.1) is 11.9 Å². The van der Waals surface area contributed by atoms with Gasteiger partial charge in [0.15, 0.2) is 11.5 Å². The summed E-state index contributed by atoms with van der Waals surface area (Å²) in [5.74, 6) is 0.302. The number of fused-ring (bicyclic) bond motifs is 1. The average Bonchev–Trinajstić information content (AvgIpc) is 3.40. The lowest BCUT2D eigenvalue weighted by Gasteiger charge is -2.19. The second-order valence-corrected chi connectivity index (χ2v) is 7.34. The first-order chi connectivity index (χ1) is 15.5. The molecule has 8 nitrogen and oxygen atoms in total. The highest BCUT2D eigenvalue weighted by atomic mass is 19.1. The Morgan fingerprint density at radius 1 is 1.03 bits per heavy atom. The van der Waals surface area contributed by atoms with Gasteiger partial charge in [0.2, 0.25) is 5.95 Å². The van der Waals surface area contributed by atoms with Crippen LogP contribution in [0.15, 0.2) is 67.3 Å². The smallest absolute Gasteiger partial charge is 0.240 e. The third-order valence-corrected chi connectivity index (χ3v) is 5.10. The van der Waals surface area contributed by atoms with Crippen LogP contribution in [-0.2, 0) is 0 Å². The zero-order chi connectivity index (χ0) is 22.2. The monoisotopic (exact) mass is 432 g/mol. The molecule has 0 saturated carbocycles. The van der Waals surface area contributed by atoms with Crippen molar-refractivity contribution >= 4 is 11.6 Å². The van der Waals surface area contributed by atoms with Crippen LogP contribution < -0.4 is 5.73 Å². The maximum Gasteiger partial charge on any atom is 0.240 e. The summed E-state index contributed by atoms with van der Waals surface area (Å²) in [5, 5.41) is 8.40. The van der Waals surface area contributed by atoms with E-state index in [1.807, 2.05) is 6.07 Å². The average molecular weight is 432 g/mol. The van der Waals surface area contributed by atoms with Crippen LogP contribution in [-0.4, -0.2) is 40.5 Å². The number of hydrogen-bond acceptors (Lipinski definition) is 6. The highest BCUT2D eigenvalue weighted by Gasteiger charge is 2.22. The first kappa shape index (κ1) is 19.7. The van der Waals surface area contributed by atoms with E-state index in [2.05, 4.69) is 25.1 Å². The Balaban J connectivity index is 1.48. The van der Waals surface area contributed by atoms with Gasteiger partial charge in [-0.05, 0) is 42.8 Å².